The number of nitroso groups, excluding NO2 is 1. The van der Waals surface area contributed by atoms with E-state index in [2.05, 4.69) is 15.8 Å². The minimum absolute atomic E-state index is 0.510. The molecule has 3 amide bonds. The highest BCUT2D eigenvalue weighted by atomic mass is 16.3. The first-order chi connectivity index (χ1) is 7.69. The van der Waals surface area contributed by atoms with Crippen molar-refractivity contribution in [3.63, 3.8) is 0 Å². The van der Waals surface area contributed by atoms with Crippen LogP contribution in [-0.4, -0.2) is 19.0 Å². The van der Waals surface area contributed by atoms with Gasteiger partial charge in [0.25, 0.3) is 0 Å². The first-order valence-corrected chi connectivity index (χ1v) is 4.59. The predicted molar refractivity (Wildman–Crippen MR) is 57.6 cm³/mol. The third-order valence-corrected chi connectivity index (χ3v) is 1.97. The summed E-state index contributed by atoms with van der Waals surface area (Å²) >= 11 is 0. The van der Waals surface area contributed by atoms with E-state index in [1.54, 1.807) is 30.3 Å². The Morgan fingerprint density at radius 2 is 1.88 bits per heavy atom. The monoisotopic (exact) mass is 221 g/mol. The molecule has 0 aromatic heterocycles. The average Bonchev–Trinajstić information content (AvgIpc) is 2.35. The number of benzene rings is 1. The second-order valence-corrected chi connectivity index (χ2v) is 3.00. The van der Waals surface area contributed by atoms with E-state index in [4.69, 9.17) is 0 Å². The normalized spacial score (nSPS) is 11.3. The molecule has 2 N–H and O–H groups in total. The second-order valence-electron chi connectivity index (χ2n) is 3.00. The van der Waals surface area contributed by atoms with E-state index in [0.717, 1.165) is 0 Å². The lowest BCUT2D eigenvalue weighted by Crippen LogP contribution is -2.38. The fourth-order valence-electron chi connectivity index (χ4n) is 1.19. The molecule has 0 aliphatic heterocycles. The van der Waals surface area contributed by atoms with E-state index in [9.17, 15) is 14.5 Å². The quantitative estimate of drug-likeness (QED) is 0.745. The Kier molecular flexibility index (Phi) is 4.14. The molecule has 84 valence electrons. The number of carbonyl (C=O) groups is 2. The molecule has 1 atom stereocenters. The van der Waals surface area contributed by atoms with Crippen LogP contribution in [0.15, 0.2) is 35.5 Å². The summed E-state index contributed by atoms with van der Waals surface area (Å²) in [6, 6.07) is 6.83. The number of hydrogen-bond donors (Lipinski definition) is 2. The number of carbonyl (C=O) groups excluding carboxylic acids is 2. The minimum Gasteiger partial charge on any atom is -0.341 e. The Labute approximate surface area is 92.0 Å². The van der Waals surface area contributed by atoms with E-state index < -0.39 is 18.0 Å². The van der Waals surface area contributed by atoms with E-state index in [1.165, 1.54) is 7.05 Å². The molecule has 0 saturated carbocycles. The van der Waals surface area contributed by atoms with E-state index in [1.807, 2.05) is 0 Å². The van der Waals surface area contributed by atoms with Gasteiger partial charge in [0.1, 0.15) is 6.04 Å². The number of rotatable bonds is 3. The van der Waals surface area contributed by atoms with E-state index in [0.29, 0.717) is 5.56 Å². The van der Waals surface area contributed by atoms with Crippen molar-refractivity contribution in [1.82, 2.24) is 10.6 Å². The van der Waals surface area contributed by atoms with Gasteiger partial charge >= 0.3 is 11.9 Å². The van der Waals surface area contributed by atoms with Crippen LogP contribution in [0.2, 0.25) is 0 Å². The third-order valence-electron chi connectivity index (χ3n) is 1.97. The summed E-state index contributed by atoms with van der Waals surface area (Å²) < 4.78 is 0. The molecule has 0 heterocycles. The van der Waals surface area contributed by atoms with E-state index >= 15 is 0 Å². The SMILES string of the molecule is CNC(=O)N[C@@H](C(=O)N=O)c1ccccc1. The Bertz CT molecular complexity index is 392. The predicted octanol–water partition coefficient (Wildman–Crippen LogP) is 0.950. The standard InChI is InChI=1S/C10H11N3O3/c1-11-10(15)12-8(9(14)13-16)7-5-3-2-4-6-7/h2-6,8H,1H3,(H2,11,12,15)/t8-/m1/s1. The molecule has 0 unspecified atom stereocenters. The zero-order valence-electron chi connectivity index (χ0n) is 8.64. The fourth-order valence-corrected chi connectivity index (χ4v) is 1.19. The number of nitrogens with zero attached hydrogens (tertiary/aromatic N) is 1. The van der Waals surface area contributed by atoms with Gasteiger partial charge in [-0.25, -0.2) is 4.79 Å². The topological polar surface area (TPSA) is 87.6 Å². The summed E-state index contributed by atoms with van der Waals surface area (Å²) in [6.45, 7) is 0. The molecule has 0 aliphatic rings. The summed E-state index contributed by atoms with van der Waals surface area (Å²) in [4.78, 5) is 32.6. The van der Waals surface area contributed by atoms with Crippen molar-refractivity contribution >= 4 is 11.9 Å². The molecule has 16 heavy (non-hydrogen) atoms. The lowest BCUT2D eigenvalue weighted by Gasteiger charge is -2.13. The minimum atomic E-state index is -1.04. The summed E-state index contributed by atoms with van der Waals surface area (Å²) in [6.07, 6.45) is 0. The molecule has 0 bridgehead atoms. The van der Waals surface area contributed by atoms with Crippen LogP contribution in [0, 0.1) is 4.91 Å². The molecule has 0 spiro atoms. The molecule has 0 radical (unpaired) electrons. The van der Waals surface area contributed by atoms with Gasteiger partial charge in [0, 0.05) is 12.2 Å². The van der Waals surface area contributed by atoms with Crippen LogP contribution in [-0.2, 0) is 4.79 Å². The van der Waals surface area contributed by atoms with E-state index in [-0.39, 0.29) is 0 Å². The zero-order valence-corrected chi connectivity index (χ0v) is 8.64. The summed E-state index contributed by atoms with van der Waals surface area (Å²) in [5, 5.41) is 6.96. The maximum absolute atomic E-state index is 11.2. The van der Waals surface area contributed by atoms with Crippen molar-refractivity contribution < 1.29 is 9.59 Å². The Balaban J connectivity index is 2.92. The number of hydrogen-bond acceptors (Lipinski definition) is 3. The Hall–Kier alpha value is -2.24. The van der Waals surface area contributed by atoms with Crippen molar-refractivity contribution in [3.8, 4) is 0 Å². The summed E-state index contributed by atoms with van der Waals surface area (Å²) in [7, 11) is 1.41. The Morgan fingerprint density at radius 1 is 1.25 bits per heavy atom. The van der Waals surface area contributed by atoms with Crippen LogP contribution in [0.5, 0.6) is 0 Å². The summed E-state index contributed by atoms with van der Waals surface area (Å²) in [5.74, 6) is -0.935. The first-order valence-electron chi connectivity index (χ1n) is 4.59. The van der Waals surface area contributed by atoms with Gasteiger partial charge in [0.15, 0.2) is 0 Å². The van der Waals surface area contributed by atoms with Crippen molar-refractivity contribution in [3.05, 3.63) is 40.8 Å². The molecule has 1 rings (SSSR count). The van der Waals surface area contributed by atoms with Gasteiger partial charge in [0.05, 0.1) is 0 Å². The molecule has 0 saturated heterocycles. The van der Waals surface area contributed by atoms with Gasteiger partial charge < -0.3 is 10.6 Å². The van der Waals surface area contributed by atoms with Crippen molar-refractivity contribution in [2.75, 3.05) is 7.05 Å². The van der Waals surface area contributed by atoms with Crippen LogP contribution in [0.1, 0.15) is 11.6 Å². The van der Waals surface area contributed by atoms with Gasteiger partial charge in [-0.05, 0) is 5.56 Å². The van der Waals surface area contributed by atoms with Crippen LogP contribution in [0.25, 0.3) is 0 Å². The molecule has 0 aliphatic carbocycles. The third kappa shape index (κ3) is 2.88. The smallest absolute Gasteiger partial charge is 0.315 e. The highest BCUT2D eigenvalue weighted by molar-refractivity contribution is 5.88. The second kappa shape index (κ2) is 5.59. The van der Waals surface area contributed by atoms with Crippen molar-refractivity contribution in [2.24, 2.45) is 5.18 Å². The van der Waals surface area contributed by atoms with Crippen LogP contribution in [0.3, 0.4) is 0 Å². The number of nitrogens with one attached hydrogen (secondary N) is 2. The zero-order chi connectivity index (χ0) is 12.0. The first kappa shape index (κ1) is 11.8. The molecular formula is C10H11N3O3. The van der Waals surface area contributed by atoms with Crippen LogP contribution >= 0.6 is 0 Å². The van der Waals surface area contributed by atoms with Gasteiger partial charge in [-0.1, -0.05) is 30.3 Å². The highest BCUT2D eigenvalue weighted by Crippen LogP contribution is 2.13. The number of amides is 3. The maximum atomic E-state index is 11.2. The molecule has 1 aromatic carbocycles. The van der Waals surface area contributed by atoms with Crippen LogP contribution in [0.4, 0.5) is 4.79 Å². The molecule has 6 nitrogen and oxygen atoms in total. The molecular weight excluding hydrogens is 210 g/mol. The van der Waals surface area contributed by atoms with Gasteiger partial charge in [-0.15, -0.1) is 4.91 Å². The van der Waals surface area contributed by atoms with Crippen molar-refractivity contribution in [2.45, 2.75) is 6.04 Å². The van der Waals surface area contributed by atoms with Gasteiger partial charge in [-0.3, -0.25) is 4.79 Å². The lowest BCUT2D eigenvalue weighted by molar-refractivity contribution is -0.119. The largest absolute Gasteiger partial charge is 0.341 e. The molecule has 6 heteroatoms. The molecule has 0 fully saturated rings. The maximum Gasteiger partial charge on any atom is 0.315 e. The van der Waals surface area contributed by atoms with Crippen molar-refractivity contribution in [1.29, 1.82) is 0 Å². The average molecular weight is 221 g/mol. The highest BCUT2D eigenvalue weighted by Gasteiger charge is 2.22. The lowest BCUT2D eigenvalue weighted by atomic mass is 10.1. The van der Waals surface area contributed by atoms with Gasteiger partial charge in [0.2, 0.25) is 0 Å². The van der Waals surface area contributed by atoms with Crippen LogP contribution < -0.4 is 10.6 Å². The summed E-state index contributed by atoms with van der Waals surface area (Å²) in [5.41, 5.74) is 0.510. The molecule has 1 aromatic rings. The number of urea groups is 1. The Morgan fingerprint density at radius 3 is 2.38 bits per heavy atom. The fraction of sp³-hybridized carbons (Fsp3) is 0.200. The van der Waals surface area contributed by atoms with Gasteiger partial charge in [-0.2, -0.15) is 0 Å².